The molecular formula is C10H7ClF2O. The monoisotopic (exact) mass is 216 g/mol. The van der Waals surface area contributed by atoms with Crippen LogP contribution in [0.4, 0.5) is 8.78 Å². The van der Waals surface area contributed by atoms with Crippen LogP contribution in [-0.4, -0.2) is 5.78 Å². The Labute approximate surface area is 84.7 Å². The van der Waals surface area contributed by atoms with Crippen LogP contribution < -0.4 is 0 Å². The van der Waals surface area contributed by atoms with E-state index in [1.807, 2.05) is 0 Å². The summed E-state index contributed by atoms with van der Waals surface area (Å²) in [5.41, 5.74) is 0.0166. The molecule has 0 spiro atoms. The normalized spacial score (nSPS) is 20.8. The summed E-state index contributed by atoms with van der Waals surface area (Å²) in [4.78, 5) is 11.1. The van der Waals surface area contributed by atoms with Crippen LogP contribution in [-0.2, 0) is 4.79 Å². The number of rotatable bonds is 1. The van der Waals surface area contributed by atoms with E-state index in [1.165, 1.54) is 0 Å². The molecule has 0 heterocycles. The summed E-state index contributed by atoms with van der Waals surface area (Å²) in [6, 6.07) is 1.96. The second-order valence-corrected chi connectivity index (χ2v) is 3.69. The average molecular weight is 217 g/mol. The molecular weight excluding hydrogens is 210 g/mol. The van der Waals surface area contributed by atoms with E-state index >= 15 is 0 Å². The van der Waals surface area contributed by atoms with Gasteiger partial charge in [0, 0.05) is 17.9 Å². The second kappa shape index (κ2) is 3.31. The van der Waals surface area contributed by atoms with Crippen LogP contribution in [0.3, 0.4) is 0 Å². The van der Waals surface area contributed by atoms with Gasteiger partial charge in [-0.15, -0.1) is 0 Å². The highest BCUT2D eigenvalue weighted by Gasteiger charge is 2.34. The SMILES string of the molecule is O=C1CCC1c1c(F)ccc(F)c1Cl. The Morgan fingerprint density at radius 2 is 1.93 bits per heavy atom. The number of ketones is 1. The van der Waals surface area contributed by atoms with Gasteiger partial charge in [0.2, 0.25) is 0 Å². The Bertz CT molecular complexity index is 403. The number of hydrogen-bond acceptors (Lipinski definition) is 1. The zero-order chi connectivity index (χ0) is 10.3. The lowest BCUT2D eigenvalue weighted by Gasteiger charge is -2.25. The molecule has 0 amide bonds. The van der Waals surface area contributed by atoms with Gasteiger partial charge in [-0.1, -0.05) is 11.6 Å². The zero-order valence-electron chi connectivity index (χ0n) is 7.19. The Hall–Kier alpha value is -0.960. The van der Waals surface area contributed by atoms with Crippen LogP contribution in [0.2, 0.25) is 5.02 Å². The fourth-order valence-corrected chi connectivity index (χ4v) is 1.86. The fraction of sp³-hybridized carbons (Fsp3) is 0.300. The van der Waals surface area contributed by atoms with Gasteiger partial charge in [0.1, 0.15) is 17.4 Å². The molecule has 1 fully saturated rings. The molecule has 0 aliphatic heterocycles. The third-order valence-corrected chi connectivity index (χ3v) is 2.88. The van der Waals surface area contributed by atoms with Gasteiger partial charge in [-0.3, -0.25) is 4.79 Å². The number of carbonyl (C=O) groups excluding carboxylic acids is 1. The lowest BCUT2D eigenvalue weighted by Crippen LogP contribution is -2.24. The zero-order valence-corrected chi connectivity index (χ0v) is 7.94. The van der Waals surface area contributed by atoms with Crippen molar-refractivity contribution >= 4 is 17.4 Å². The standard InChI is InChI=1S/C10H7ClF2O/c11-10-7(13)3-2-6(12)9(10)5-1-4-8(5)14/h2-3,5H,1,4H2. The van der Waals surface area contributed by atoms with Crippen molar-refractivity contribution < 1.29 is 13.6 Å². The fourth-order valence-electron chi connectivity index (χ4n) is 1.57. The summed E-state index contributed by atoms with van der Waals surface area (Å²) in [6.45, 7) is 0. The molecule has 4 heteroatoms. The molecule has 0 bridgehead atoms. The van der Waals surface area contributed by atoms with Gasteiger partial charge in [-0.05, 0) is 18.6 Å². The van der Waals surface area contributed by atoms with Crippen LogP contribution >= 0.6 is 11.6 Å². The molecule has 74 valence electrons. The van der Waals surface area contributed by atoms with Crippen molar-refractivity contribution in [2.45, 2.75) is 18.8 Å². The highest BCUT2D eigenvalue weighted by atomic mass is 35.5. The summed E-state index contributed by atoms with van der Waals surface area (Å²) >= 11 is 5.60. The minimum absolute atomic E-state index is 0.0166. The summed E-state index contributed by atoms with van der Waals surface area (Å²) in [7, 11) is 0. The smallest absolute Gasteiger partial charge is 0.142 e. The summed E-state index contributed by atoms with van der Waals surface area (Å²) in [6.07, 6.45) is 0.982. The van der Waals surface area contributed by atoms with Crippen LogP contribution in [0, 0.1) is 11.6 Å². The van der Waals surface area contributed by atoms with Gasteiger partial charge in [0.15, 0.2) is 0 Å². The Morgan fingerprint density at radius 1 is 1.29 bits per heavy atom. The summed E-state index contributed by atoms with van der Waals surface area (Å²) < 4.78 is 26.3. The van der Waals surface area contributed by atoms with Crippen molar-refractivity contribution in [3.63, 3.8) is 0 Å². The first-order chi connectivity index (χ1) is 6.61. The minimum atomic E-state index is -0.678. The molecule has 2 rings (SSSR count). The van der Waals surface area contributed by atoms with Gasteiger partial charge < -0.3 is 0 Å². The molecule has 1 aliphatic carbocycles. The van der Waals surface area contributed by atoms with E-state index in [1.54, 1.807) is 0 Å². The van der Waals surface area contributed by atoms with Gasteiger partial charge in [-0.25, -0.2) is 8.78 Å². The highest BCUT2D eigenvalue weighted by Crippen LogP contribution is 2.39. The molecule has 1 aliphatic rings. The van der Waals surface area contributed by atoms with E-state index < -0.39 is 17.6 Å². The van der Waals surface area contributed by atoms with E-state index in [0.717, 1.165) is 12.1 Å². The largest absolute Gasteiger partial charge is 0.299 e. The molecule has 1 saturated carbocycles. The van der Waals surface area contributed by atoms with Crippen molar-refractivity contribution in [3.8, 4) is 0 Å². The van der Waals surface area contributed by atoms with Gasteiger partial charge >= 0.3 is 0 Å². The molecule has 1 aromatic rings. The third kappa shape index (κ3) is 1.32. The minimum Gasteiger partial charge on any atom is -0.299 e. The van der Waals surface area contributed by atoms with E-state index in [2.05, 4.69) is 0 Å². The Kier molecular flexibility index (Phi) is 2.27. The van der Waals surface area contributed by atoms with Gasteiger partial charge in [-0.2, -0.15) is 0 Å². The summed E-state index contributed by atoms with van der Waals surface area (Å²) in [5, 5.41) is -0.261. The molecule has 0 radical (unpaired) electrons. The lowest BCUT2D eigenvalue weighted by atomic mass is 9.78. The van der Waals surface area contributed by atoms with Crippen molar-refractivity contribution in [1.29, 1.82) is 0 Å². The average Bonchev–Trinajstić information content (AvgIpc) is 2.16. The van der Waals surface area contributed by atoms with Crippen molar-refractivity contribution in [2.75, 3.05) is 0 Å². The maximum absolute atomic E-state index is 13.3. The Morgan fingerprint density at radius 3 is 2.43 bits per heavy atom. The topological polar surface area (TPSA) is 17.1 Å². The molecule has 0 N–H and O–H groups in total. The first-order valence-electron chi connectivity index (χ1n) is 4.27. The van der Waals surface area contributed by atoms with Crippen molar-refractivity contribution in [2.24, 2.45) is 0 Å². The number of benzene rings is 1. The molecule has 1 aromatic carbocycles. The number of halogens is 3. The van der Waals surface area contributed by atoms with Crippen LogP contribution in [0.1, 0.15) is 24.3 Å². The lowest BCUT2D eigenvalue weighted by molar-refractivity contribution is -0.125. The van der Waals surface area contributed by atoms with Crippen LogP contribution in [0.15, 0.2) is 12.1 Å². The maximum atomic E-state index is 13.3. The maximum Gasteiger partial charge on any atom is 0.142 e. The first kappa shape index (κ1) is 9.59. The van der Waals surface area contributed by atoms with E-state index in [0.29, 0.717) is 12.8 Å². The van der Waals surface area contributed by atoms with Crippen molar-refractivity contribution in [3.05, 3.63) is 34.4 Å². The van der Waals surface area contributed by atoms with Crippen LogP contribution in [0.25, 0.3) is 0 Å². The number of hydrogen-bond donors (Lipinski definition) is 0. The molecule has 0 aromatic heterocycles. The van der Waals surface area contributed by atoms with Crippen molar-refractivity contribution in [1.82, 2.24) is 0 Å². The second-order valence-electron chi connectivity index (χ2n) is 3.31. The highest BCUT2D eigenvalue weighted by molar-refractivity contribution is 6.32. The predicted molar refractivity (Wildman–Crippen MR) is 48.4 cm³/mol. The van der Waals surface area contributed by atoms with Gasteiger partial charge in [0.25, 0.3) is 0 Å². The van der Waals surface area contributed by atoms with E-state index in [-0.39, 0.29) is 16.4 Å². The molecule has 0 saturated heterocycles. The summed E-state index contributed by atoms with van der Waals surface area (Å²) in [5.74, 6) is -1.90. The van der Waals surface area contributed by atoms with E-state index in [9.17, 15) is 13.6 Å². The third-order valence-electron chi connectivity index (χ3n) is 2.50. The van der Waals surface area contributed by atoms with E-state index in [4.69, 9.17) is 11.6 Å². The van der Waals surface area contributed by atoms with Gasteiger partial charge in [0.05, 0.1) is 5.02 Å². The molecule has 1 unspecified atom stereocenters. The predicted octanol–water partition coefficient (Wildman–Crippen LogP) is 3.06. The Balaban J connectivity index is 2.50. The quantitative estimate of drug-likeness (QED) is 0.660. The van der Waals surface area contributed by atoms with Crippen LogP contribution in [0.5, 0.6) is 0 Å². The number of carbonyl (C=O) groups is 1. The molecule has 1 nitrogen and oxygen atoms in total. The molecule has 1 atom stereocenters. The first-order valence-corrected chi connectivity index (χ1v) is 4.65. The number of Topliss-reactive ketones (excluding diaryl/α,β-unsaturated/α-hetero) is 1. The molecule has 14 heavy (non-hydrogen) atoms.